The van der Waals surface area contributed by atoms with E-state index in [2.05, 4.69) is 20.8 Å². The molecule has 2 rings (SSSR count). The minimum absolute atomic E-state index is 0.0186. The minimum Gasteiger partial charge on any atom is -0.490 e. The van der Waals surface area contributed by atoms with Gasteiger partial charge in [-0.3, -0.25) is 10.1 Å². The van der Waals surface area contributed by atoms with Gasteiger partial charge in [-0.25, -0.2) is 0 Å². The normalized spacial score (nSPS) is 25.8. The number of benzene rings is 1. The fourth-order valence-corrected chi connectivity index (χ4v) is 3.20. The summed E-state index contributed by atoms with van der Waals surface area (Å²) in [4.78, 5) is 10.5. The molecule has 0 spiro atoms. The molecule has 1 saturated carbocycles. The standard InChI is InChI=1S/C16H24N2O3/c1-10(2)15-5-4-11(3)6-16(15)21-14-8-12(17)7-13(9-14)18(19)20/h7-11,15-16H,4-6,17H2,1-3H3. The Bertz CT molecular complexity index is 516. The largest absolute Gasteiger partial charge is 0.490 e. The molecule has 1 fully saturated rings. The van der Waals surface area contributed by atoms with Crippen LogP contribution in [0, 0.1) is 27.9 Å². The van der Waals surface area contributed by atoms with E-state index in [9.17, 15) is 10.1 Å². The van der Waals surface area contributed by atoms with Crippen LogP contribution in [-0.4, -0.2) is 11.0 Å². The highest BCUT2D eigenvalue weighted by atomic mass is 16.6. The van der Waals surface area contributed by atoms with Gasteiger partial charge in [0.1, 0.15) is 11.9 Å². The first-order chi connectivity index (χ1) is 9.86. The molecule has 1 aromatic carbocycles. The molecular formula is C16H24N2O3. The van der Waals surface area contributed by atoms with Gasteiger partial charge in [0, 0.05) is 17.8 Å². The summed E-state index contributed by atoms with van der Waals surface area (Å²) in [6.45, 7) is 6.65. The topological polar surface area (TPSA) is 78.4 Å². The molecule has 3 atom stereocenters. The summed E-state index contributed by atoms with van der Waals surface area (Å²) in [5.74, 6) is 2.16. The highest BCUT2D eigenvalue weighted by Crippen LogP contribution is 2.37. The number of nitrogens with zero attached hydrogens (tertiary/aromatic N) is 1. The minimum atomic E-state index is -0.438. The molecule has 1 aromatic rings. The van der Waals surface area contributed by atoms with Crippen molar-refractivity contribution >= 4 is 11.4 Å². The molecule has 5 heteroatoms. The lowest BCUT2D eigenvalue weighted by Crippen LogP contribution is -2.36. The predicted octanol–water partition coefficient (Wildman–Crippen LogP) is 4.02. The third-order valence-corrected chi connectivity index (χ3v) is 4.37. The summed E-state index contributed by atoms with van der Waals surface area (Å²) in [6, 6.07) is 4.49. The van der Waals surface area contributed by atoms with Crippen LogP contribution in [0.2, 0.25) is 0 Å². The Morgan fingerprint density at radius 1 is 1.33 bits per heavy atom. The van der Waals surface area contributed by atoms with Gasteiger partial charge in [0.05, 0.1) is 11.0 Å². The number of nitrogen functional groups attached to an aromatic ring is 1. The van der Waals surface area contributed by atoms with Crippen LogP contribution >= 0.6 is 0 Å². The van der Waals surface area contributed by atoms with Gasteiger partial charge in [-0.1, -0.05) is 27.2 Å². The molecule has 116 valence electrons. The highest BCUT2D eigenvalue weighted by Gasteiger charge is 2.32. The van der Waals surface area contributed by atoms with Gasteiger partial charge in [0.15, 0.2) is 0 Å². The van der Waals surface area contributed by atoms with Gasteiger partial charge in [0.2, 0.25) is 0 Å². The van der Waals surface area contributed by atoms with Crippen LogP contribution in [0.5, 0.6) is 5.75 Å². The quantitative estimate of drug-likeness (QED) is 0.516. The van der Waals surface area contributed by atoms with Crippen LogP contribution in [0.15, 0.2) is 18.2 Å². The second kappa shape index (κ2) is 6.33. The van der Waals surface area contributed by atoms with Crippen molar-refractivity contribution in [1.29, 1.82) is 0 Å². The zero-order valence-electron chi connectivity index (χ0n) is 12.9. The van der Waals surface area contributed by atoms with Crippen molar-refractivity contribution in [2.24, 2.45) is 17.8 Å². The fourth-order valence-electron chi connectivity index (χ4n) is 3.20. The first-order valence-electron chi connectivity index (χ1n) is 7.58. The lowest BCUT2D eigenvalue weighted by molar-refractivity contribution is -0.384. The molecule has 5 nitrogen and oxygen atoms in total. The van der Waals surface area contributed by atoms with Crippen LogP contribution in [0.1, 0.15) is 40.0 Å². The zero-order chi connectivity index (χ0) is 15.6. The first kappa shape index (κ1) is 15.6. The molecular weight excluding hydrogens is 268 g/mol. The second-order valence-electron chi connectivity index (χ2n) is 6.50. The zero-order valence-corrected chi connectivity index (χ0v) is 12.9. The Morgan fingerprint density at radius 2 is 2.05 bits per heavy atom. The number of ether oxygens (including phenoxy) is 1. The first-order valence-corrected chi connectivity index (χ1v) is 7.58. The van der Waals surface area contributed by atoms with E-state index >= 15 is 0 Å². The number of hydrogen-bond acceptors (Lipinski definition) is 4. The van der Waals surface area contributed by atoms with Gasteiger partial charge in [0.25, 0.3) is 5.69 Å². The number of nitrogens with two attached hydrogens (primary N) is 1. The predicted molar refractivity (Wildman–Crippen MR) is 83.3 cm³/mol. The van der Waals surface area contributed by atoms with Crippen LogP contribution in [0.25, 0.3) is 0 Å². The summed E-state index contributed by atoms with van der Waals surface area (Å²) in [5.41, 5.74) is 6.09. The fraction of sp³-hybridized carbons (Fsp3) is 0.625. The van der Waals surface area contributed by atoms with E-state index in [1.54, 1.807) is 6.07 Å². The van der Waals surface area contributed by atoms with Gasteiger partial charge in [-0.05, 0) is 30.6 Å². The maximum Gasteiger partial charge on any atom is 0.275 e. The molecule has 0 radical (unpaired) electrons. The van der Waals surface area contributed by atoms with Crippen LogP contribution in [0.4, 0.5) is 11.4 Å². The lowest BCUT2D eigenvalue weighted by Gasteiger charge is -2.37. The Labute approximate surface area is 125 Å². The van der Waals surface area contributed by atoms with Crippen molar-refractivity contribution < 1.29 is 9.66 Å². The van der Waals surface area contributed by atoms with E-state index in [1.165, 1.54) is 18.6 Å². The van der Waals surface area contributed by atoms with Crippen molar-refractivity contribution in [2.45, 2.75) is 46.1 Å². The number of rotatable bonds is 4. The van der Waals surface area contributed by atoms with Crippen molar-refractivity contribution in [2.75, 3.05) is 5.73 Å². The molecule has 2 N–H and O–H groups in total. The van der Waals surface area contributed by atoms with Gasteiger partial charge >= 0.3 is 0 Å². The van der Waals surface area contributed by atoms with Crippen molar-refractivity contribution in [1.82, 2.24) is 0 Å². The maximum atomic E-state index is 10.9. The van der Waals surface area contributed by atoms with E-state index in [4.69, 9.17) is 10.5 Å². The Balaban J connectivity index is 2.20. The molecule has 21 heavy (non-hydrogen) atoms. The molecule has 0 heterocycles. The Hall–Kier alpha value is -1.78. The Kier molecular flexibility index (Phi) is 4.70. The van der Waals surface area contributed by atoms with E-state index < -0.39 is 4.92 Å². The lowest BCUT2D eigenvalue weighted by atomic mass is 9.75. The summed E-state index contributed by atoms with van der Waals surface area (Å²) < 4.78 is 6.09. The summed E-state index contributed by atoms with van der Waals surface area (Å²) in [5, 5.41) is 10.9. The Morgan fingerprint density at radius 3 is 2.67 bits per heavy atom. The summed E-state index contributed by atoms with van der Waals surface area (Å²) in [7, 11) is 0. The molecule has 0 bridgehead atoms. The molecule has 1 aliphatic rings. The second-order valence-corrected chi connectivity index (χ2v) is 6.50. The van der Waals surface area contributed by atoms with E-state index in [0.717, 1.165) is 12.8 Å². The van der Waals surface area contributed by atoms with Crippen LogP contribution in [0.3, 0.4) is 0 Å². The van der Waals surface area contributed by atoms with E-state index in [0.29, 0.717) is 29.2 Å². The average Bonchev–Trinajstić information content (AvgIpc) is 2.37. The van der Waals surface area contributed by atoms with Gasteiger partial charge in [-0.15, -0.1) is 0 Å². The molecule has 0 aliphatic heterocycles. The van der Waals surface area contributed by atoms with E-state index in [1.807, 2.05) is 0 Å². The summed E-state index contributed by atoms with van der Waals surface area (Å²) in [6.07, 6.45) is 3.47. The monoisotopic (exact) mass is 292 g/mol. The number of nitro benzene ring substituents is 1. The number of nitro groups is 1. The number of non-ortho nitro benzene ring substituents is 1. The van der Waals surface area contributed by atoms with Gasteiger partial charge < -0.3 is 10.5 Å². The molecule has 3 unspecified atom stereocenters. The SMILES string of the molecule is CC1CCC(C(C)C)C(Oc2cc(N)cc([N+](=O)[O-])c2)C1. The molecule has 0 amide bonds. The number of hydrogen-bond donors (Lipinski definition) is 1. The third kappa shape index (κ3) is 3.86. The van der Waals surface area contributed by atoms with Gasteiger partial charge in [-0.2, -0.15) is 0 Å². The third-order valence-electron chi connectivity index (χ3n) is 4.37. The van der Waals surface area contributed by atoms with Crippen LogP contribution in [-0.2, 0) is 0 Å². The number of anilines is 1. The average molecular weight is 292 g/mol. The summed E-state index contributed by atoms with van der Waals surface area (Å²) >= 11 is 0. The van der Waals surface area contributed by atoms with Crippen molar-refractivity contribution in [3.05, 3.63) is 28.3 Å². The smallest absolute Gasteiger partial charge is 0.275 e. The highest BCUT2D eigenvalue weighted by molar-refractivity contribution is 5.53. The van der Waals surface area contributed by atoms with Crippen molar-refractivity contribution in [3.8, 4) is 5.75 Å². The molecule has 1 aliphatic carbocycles. The van der Waals surface area contributed by atoms with E-state index in [-0.39, 0.29) is 11.8 Å². The maximum absolute atomic E-state index is 10.9. The van der Waals surface area contributed by atoms with Crippen LogP contribution < -0.4 is 10.5 Å². The van der Waals surface area contributed by atoms with Crippen molar-refractivity contribution in [3.63, 3.8) is 0 Å². The molecule has 0 saturated heterocycles. The molecule has 0 aromatic heterocycles.